The number of amides is 1. The second kappa shape index (κ2) is 10.2. The van der Waals surface area contributed by atoms with E-state index in [4.69, 9.17) is 9.47 Å². The zero-order valence-corrected chi connectivity index (χ0v) is 19.0. The summed E-state index contributed by atoms with van der Waals surface area (Å²) in [6, 6.07) is 22.0. The average Bonchev–Trinajstić information content (AvgIpc) is 2.83. The van der Waals surface area contributed by atoms with Gasteiger partial charge in [-0.15, -0.1) is 0 Å². The van der Waals surface area contributed by atoms with Crippen LogP contribution in [-0.4, -0.2) is 35.1 Å². The lowest BCUT2D eigenvalue weighted by Crippen LogP contribution is -2.31. The lowest BCUT2D eigenvalue weighted by Gasteiger charge is -2.20. The van der Waals surface area contributed by atoms with Crippen LogP contribution in [0.25, 0.3) is 0 Å². The van der Waals surface area contributed by atoms with Crippen LogP contribution in [0.2, 0.25) is 0 Å². The minimum atomic E-state index is -3.66. The highest BCUT2D eigenvalue weighted by Gasteiger charge is 2.21. The molecule has 0 saturated carbocycles. The molecule has 1 atom stereocenters. The third kappa shape index (κ3) is 5.39. The van der Waals surface area contributed by atoms with E-state index in [0.29, 0.717) is 17.2 Å². The van der Waals surface area contributed by atoms with E-state index in [1.54, 1.807) is 61.7 Å². The molecule has 0 spiro atoms. The van der Waals surface area contributed by atoms with E-state index in [9.17, 15) is 13.2 Å². The maximum absolute atomic E-state index is 12.7. The second-order valence-corrected chi connectivity index (χ2v) is 9.07. The molecule has 1 N–H and O–H groups in total. The fraction of sp³-hybridized carbons (Fsp3) is 0.208. The summed E-state index contributed by atoms with van der Waals surface area (Å²) in [6.45, 7) is 1.70. The fourth-order valence-electron chi connectivity index (χ4n) is 3.18. The Bertz CT molecular complexity index is 1150. The van der Waals surface area contributed by atoms with Crippen molar-refractivity contribution in [1.82, 2.24) is 5.32 Å². The van der Waals surface area contributed by atoms with E-state index in [0.717, 1.165) is 5.56 Å². The summed E-state index contributed by atoms with van der Waals surface area (Å²) in [4.78, 5) is 12.5. The molecule has 0 fully saturated rings. The van der Waals surface area contributed by atoms with Gasteiger partial charge in [0, 0.05) is 12.6 Å². The van der Waals surface area contributed by atoms with Gasteiger partial charge in [-0.05, 0) is 49.4 Å². The number of carbonyl (C=O) groups is 1. The molecular formula is C24H26N2O5S. The van der Waals surface area contributed by atoms with Crippen molar-refractivity contribution in [2.24, 2.45) is 0 Å². The maximum Gasteiger partial charge on any atom is 0.264 e. The number of sulfonamides is 1. The molecule has 3 aromatic carbocycles. The Morgan fingerprint density at radius 2 is 1.59 bits per heavy atom. The molecule has 0 heterocycles. The Labute approximate surface area is 188 Å². The molecular weight excluding hydrogens is 428 g/mol. The summed E-state index contributed by atoms with van der Waals surface area (Å²) in [5.41, 5.74) is 1.35. The van der Waals surface area contributed by atoms with Crippen LogP contribution in [0.15, 0.2) is 83.8 Å². The monoisotopic (exact) mass is 454 g/mol. The van der Waals surface area contributed by atoms with Crippen LogP contribution in [0, 0.1) is 0 Å². The fourth-order valence-corrected chi connectivity index (χ4v) is 4.39. The van der Waals surface area contributed by atoms with Gasteiger partial charge in [0.15, 0.2) is 6.61 Å². The number of hydrogen-bond donors (Lipinski definition) is 1. The van der Waals surface area contributed by atoms with E-state index >= 15 is 0 Å². The van der Waals surface area contributed by atoms with Crippen LogP contribution >= 0.6 is 0 Å². The number of anilines is 1. The molecule has 7 nitrogen and oxygen atoms in total. The third-order valence-corrected chi connectivity index (χ3v) is 6.75. The predicted molar refractivity (Wildman–Crippen MR) is 124 cm³/mol. The highest BCUT2D eigenvalue weighted by atomic mass is 32.2. The van der Waals surface area contributed by atoms with Gasteiger partial charge in [0.05, 0.1) is 23.7 Å². The number of carbonyl (C=O) groups excluding carboxylic acids is 1. The van der Waals surface area contributed by atoms with Crippen molar-refractivity contribution in [2.45, 2.75) is 17.9 Å². The number of nitrogens with zero attached hydrogens (tertiary/aromatic N) is 1. The maximum atomic E-state index is 12.7. The van der Waals surface area contributed by atoms with Crippen molar-refractivity contribution < 1.29 is 22.7 Å². The van der Waals surface area contributed by atoms with Gasteiger partial charge in [0.1, 0.15) is 11.5 Å². The minimum Gasteiger partial charge on any atom is -0.496 e. The molecule has 0 aliphatic heterocycles. The lowest BCUT2D eigenvalue weighted by atomic mass is 10.1. The molecule has 0 saturated heterocycles. The molecule has 0 bridgehead atoms. The lowest BCUT2D eigenvalue weighted by molar-refractivity contribution is -0.123. The number of para-hydroxylation sites is 1. The van der Waals surface area contributed by atoms with Gasteiger partial charge in [-0.1, -0.05) is 36.4 Å². The second-order valence-electron chi connectivity index (χ2n) is 7.10. The molecule has 0 unspecified atom stereocenters. The van der Waals surface area contributed by atoms with Crippen LogP contribution in [0.5, 0.6) is 11.5 Å². The summed E-state index contributed by atoms with van der Waals surface area (Å²) < 4.78 is 37.5. The van der Waals surface area contributed by atoms with E-state index in [1.807, 2.05) is 31.2 Å². The topological polar surface area (TPSA) is 84.9 Å². The first kappa shape index (κ1) is 23.1. The SMILES string of the molecule is COc1ccccc1[C@H](C)NC(=O)COc1ccc(N(C)S(=O)(=O)c2ccccc2)cc1. The van der Waals surface area contributed by atoms with Crippen molar-refractivity contribution in [3.8, 4) is 11.5 Å². The Kier molecular flexibility index (Phi) is 7.37. The van der Waals surface area contributed by atoms with Gasteiger partial charge in [0.2, 0.25) is 0 Å². The molecule has 1 amide bonds. The molecule has 168 valence electrons. The Morgan fingerprint density at radius 3 is 2.25 bits per heavy atom. The third-order valence-electron chi connectivity index (χ3n) is 4.95. The number of nitrogens with one attached hydrogen (secondary N) is 1. The van der Waals surface area contributed by atoms with Crippen molar-refractivity contribution in [1.29, 1.82) is 0 Å². The summed E-state index contributed by atoms with van der Waals surface area (Å²) >= 11 is 0. The highest BCUT2D eigenvalue weighted by molar-refractivity contribution is 7.92. The summed E-state index contributed by atoms with van der Waals surface area (Å²) in [5, 5.41) is 2.88. The van der Waals surface area contributed by atoms with Crippen molar-refractivity contribution >= 4 is 21.6 Å². The number of methoxy groups -OCH3 is 1. The Hall–Kier alpha value is -3.52. The largest absolute Gasteiger partial charge is 0.496 e. The molecule has 0 aliphatic carbocycles. The Balaban J connectivity index is 1.58. The van der Waals surface area contributed by atoms with Crippen LogP contribution in [-0.2, 0) is 14.8 Å². The molecule has 3 rings (SSSR count). The number of benzene rings is 3. The highest BCUT2D eigenvalue weighted by Crippen LogP contribution is 2.25. The van der Waals surface area contributed by atoms with Gasteiger partial charge in [-0.25, -0.2) is 8.42 Å². The molecule has 8 heteroatoms. The van der Waals surface area contributed by atoms with E-state index in [-0.39, 0.29) is 23.5 Å². The van der Waals surface area contributed by atoms with Gasteiger partial charge in [-0.3, -0.25) is 9.10 Å². The van der Waals surface area contributed by atoms with Gasteiger partial charge in [-0.2, -0.15) is 0 Å². The molecule has 0 aliphatic rings. The van der Waals surface area contributed by atoms with Crippen LogP contribution in [0.1, 0.15) is 18.5 Å². The van der Waals surface area contributed by atoms with Gasteiger partial charge in [0.25, 0.3) is 15.9 Å². The van der Waals surface area contributed by atoms with Gasteiger partial charge >= 0.3 is 0 Å². The molecule has 3 aromatic rings. The van der Waals surface area contributed by atoms with Crippen molar-refractivity contribution in [2.75, 3.05) is 25.1 Å². The quantitative estimate of drug-likeness (QED) is 0.532. The van der Waals surface area contributed by atoms with E-state index in [1.165, 1.54) is 11.4 Å². The van der Waals surface area contributed by atoms with E-state index in [2.05, 4.69) is 5.32 Å². The minimum absolute atomic E-state index is 0.170. The first-order valence-electron chi connectivity index (χ1n) is 10.0. The van der Waals surface area contributed by atoms with Crippen molar-refractivity contribution in [3.63, 3.8) is 0 Å². The predicted octanol–water partition coefficient (Wildman–Crippen LogP) is 3.78. The smallest absolute Gasteiger partial charge is 0.264 e. The standard InChI is InChI=1S/C24H26N2O5S/c1-18(22-11-7-8-12-23(22)30-3)25-24(27)17-31-20-15-13-19(14-16-20)26(2)32(28,29)21-9-5-4-6-10-21/h4-16,18H,17H2,1-3H3,(H,25,27)/t18-/m0/s1. The van der Waals surface area contributed by atoms with Crippen LogP contribution in [0.4, 0.5) is 5.69 Å². The summed E-state index contributed by atoms with van der Waals surface area (Å²) in [5.74, 6) is 0.877. The van der Waals surface area contributed by atoms with Gasteiger partial charge < -0.3 is 14.8 Å². The number of hydrogen-bond acceptors (Lipinski definition) is 5. The molecule has 0 radical (unpaired) electrons. The van der Waals surface area contributed by atoms with Crippen LogP contribution in [0.3, 0.4) is 0 Å². The zero-order valence-electron chi connectivity index (χ0n) is 18.2. The van der Waals surface area contributed by atoms with E-state index < -0.39 is 10.0 Å². The Morgan fingerprint density at radius 1 is 0.969 bits per heavy atom. The molecule has 0 aromatic heterocycles. The normalized spacial score (nSPS) is 12.0. The molecule has 32 heavy (non-hydrogen) atoms. The van der Waals surface area contributed by atoms with Crippen molar-refractivity contribution in [3.05, 3.63) is 84.4 Å². The zero-order chi connectivity index (χ0) is 23.1. The summed E-state index contributed by atoms with van der Waals surface area (Å²) in [7, 11) is -0.581. The summed E-state index contributed by atoms with van der Waals surface area (Å²) in [6.07, 6.45) is 0. The first-order valence-corrected chi connectivity index (χ1v) is 11.5. The van der Waals surface area contributed by atoms with Crippen LogP contribution < -0.4 is 19.1 Å². The average molecular weight is 455 g/mol. The number of rotatable bonds is 9. The first-order chi connectivity index (χ1) is 15.3. The number of ether oxygens (including phenoxy) is 2.